The first-order valence-electron chi connectivity index (χ1n) is 5.87. The summed E-state index contributed by atoms with van der Waals surface area (Å²) in [5.74, 6) is 0.626. The van der Waals surface area contributed by atoms with E-state index in [1.807, 2.05) is 0 Å². The van der Waals surface area contributed by atoms with Gasteiger partial charge in [-0.25, -0.2) is 0 Å². The van der Waals surface area contributed by atoms with E-state index in [2.05, 4.69) is 10.6 Å². The van der Waals surface area contributed by atoms with Crippen molar-refractivity contribution in [2.45, 2.75) is 44.6 Å². The summed E-state index contributed by atoms with van der Waals surface area (Å²) in [6.45, 7) is 2.01. The molecule has 1 amide bonds. The molecule has 0 unspecified atom stereocenters. The fourth-order valence-electron chi connectivity index (χ4n) is 2.19. The second-order valence-corrected chi connectivity index (χ2v) is 4.50. The lowest BCUT2D eigenvalue weighted by atomic mass is 9.85. The molecular weight excluding hydrogens is 176 g/mol. The molecule has 3 heteroatoms. The molecule has 0 bridgehead atoms. The van der Waals surface area contributed by atoms with Crippen molar-refractivity contribution in [2.24, 2.45) is 5.92 Å². The summed E-state index contributed by atoms with van der Waals surface area (Å²) in [5, 5.41) is 6.47. The first-order valence-corrected chi connectivity index (χ1v) is 5.87. The van der Waals surface area contributed by atoms with Gasteiger partial charge in [0.2, 0.25) is 5.91 Å². The van der Waals surface area contributed by atoms with E-state index in [0.717, 1.165) is 32.4 Å². The highest BCUT2D eigenvalue weighted by molar-refractivity contribution is 5.79. The second kappa shape index (κ2) is 4.78. The number of rotatable bonds is 4. The van der Waals surface area contributed by atoms with Crippen molar-refractivity contribution in [1.29, 1.82) is 0 Å². The van der Waals surface area contributed by atoms with Crippen LogP contribution in [0, 0.1) is 5.92 Å². The number of carbonyl (C=O) groups excluding carboxylic acids is 1. The molecule has 14 heavy (non-hydrogen) atoms. The summed E-state index contributed by atoms with van der Waals surface area (Å²) < 4.78 is 0. The normalized spacial score (nSPS) is 27.3. The van der Waals surface area contributed by atoms with Gasteiger partial charge in [-0.3, -0.25) is 4.79 Å². The van der Waals surface area contributed by atoms with Crippen LogP contribution in [0.5, 0.6) is 0 Å². The highest BCUT2D eigenvalue weighted by atomic mass is 16.1. The molecule has 80 valence electrons. The van der Waals surface area contributed by atoms with Gasteiger partial charge < -0.3 is 10.6 Å². The minimum Gasteiger partial charge on any atom is -0.356 e. The van der Waals surface area contributed by atoms with Crippen LogP contribution in [-0.4, -0.2) is 25.0 Å². The van der Waals surface area contributed by atoms with Gasteiger partial charge in [0, 0.05) is 18.5 Å². The Morgan fingerprint density at radius 2 is 2.14 bits per heavy atom. The smallest absolute Gasteiger partial charge is 0.223 e. The summed E-state index contributed by atoms with van der Waals surface area (Å²) in [6.07, 6.45) is 7.11. The Labute approximate surface area is 85.6 Å². The number of amides is 1. The molecular formula is C11H20N2O. The Morgan fingerprint density at radius 3 is 2.71 bits per heavy atom. The van der Waals surface area contributed by atoms with E-state index in [0.29, 0.717) is 12.0 Å². The molecule has 1 saturated heterocycles. The summed E-state index contributed by atoms with van der Waals surface area (Å²) in [5.41, 5.74) is 0. The van der Waals surface area contributed by atoms with Crippen LogP contribution in [0.1, 0.15) is 38.5 Å². The van der Waals surface area contributed by atoms with E-state index in [1.54, 1.807) is 0 Å². The molecule has 0 radical (unpaired) electrons. The third-order valence-corrected chi connectivity index (χ3v) is 3.43. The quantitative estimate of drug-likeness (QED) is 0.705. The fourth-order valence-corrected chi connectivity index (χ4v) is 2.19. The molecule has 0 spiro atoms. The third kappa shape index (κ3) is 2.47. The predicted molar refractivity (Wildman–Crippen MR) is 56.0 cm³/mol. The molecule has 2 N–H and O–H groups in total. The average molecular weight is 196 g/mol. The maximum absolute atomic E-state index is 11.5. The van der Waals surface area contributed by atoms with Crippen molar-refractivity contribution < 1.29 is 4.79 Å². The zero-order valence-corrected chi connectivity index (χ0v) is 8.72. The van der Waals surface area contributed by atoms with Crippen molar-refractivity contribution in [3.63, 3.8) is 0 Å². The van der Waals surface area contributed by atoms with Crippen LogP contribution in [0.25, 0.3) is 0 Å². The SMILES string of the molecule is O=C(NCC[C@@H]1CCCN1)C1CCC1. The zero-order valence-electron chi connectivity index (χ0n) is 8.72. The van der Waals surface area contributed by atoms with Crippen molar-refractivity contribution in [3.8, 4) is 0 Å². The molecule has 2 rings (SSSR count). The molecule has 0 aromatic carbocycles. The Kier molecular flexibility index (Phi) is 3.40. The summed E-state index contributed by atoms with van der Waals surface area (Å²) in [4.78, 5) is 11.5. The van der Waals surface area contributed by atoms with E-state index >= 15 is 0 Å². The number of nitrogens with one attached hydrogen (secondary N) is 2. The summed E-state index contributed by atoms with van der Waals surface area (Å²) in [7, 11) is 0. The number of carbonyl (C=O) groups is 1. The van der Waals surface area contributed by atoms with Gasteiger partial charge in [-0.1, -0.05) is 6.42 Å². The van der Waals surface area contributed by atoms with Crippen molar-refractivity contribution in [2.75, 3.05) is 13.1 Å². The largest absolute Gasteiger partial charge is 0.356 e. The van der Waals surface area contributed by atoms with Gasteiger partial charge in [-0.2, -0.15) is 0 Å². The lowest BCUT2D eigenvalue weighted by Gasteiger charge is -2.24. The monoisotopic (exact) mass is 196 g/mol. The van der Waals surface area contributed by atoms with Gasteiger partial charge in [-0.05, 0) is 38.6 Å². The summed E-state index contributed by atoms with van der Waals surface area (Å²) >= 11 is 0. The maximum Gasteiger partial charge on any atom is 0.223 e. The van der Waals surface area contributed by atoms with E-state index in [9.17, 15) is 4.79 Å². The molecule has 3 nitrogen and oxygen atoms in total. The first-order chi connectivity index (χ1) is 6.86. The Bertz CT molecular complexity index is 195. The van der Waals surface area contributed by atoms with Gasteiger partial charge in [0.15, 0.2) is 0 Å². The van der Waals surface area contributed by atoms with Crippen molar-refractivity contribution in [1.82, 2.24) is 10.6 Å². The lowest BCUT2D eigenvalue weighted by molar-refractivity contribution is -0.127. The van der Waals surface area contributed by atoms with Crippen LogP contribution >= 0.6 is 0 Å². The van der Waals surface area contributed by atoms with Gasteiger partial charge in [0.25, 0.3) is 0 Å². The van der Waals surface area contributed by atoms with Gasteiger partial charge in [0.1, 0.15) is 0 Å². The minimum absolute atomic E-state index is 0.286. The Morgan fingerprint density at radius 1 is 1.29 bits per heavy atom. The number of hydrogen-bond donors (Lipinski definition) is 2. The third-order valence-electron chi connectivity index (χ3n) is 3.43. The molecule has 0 aromatic rings. The maximum atomic E-state index is 11.5. The topological polar surface area (TPSA) is 41.1 Å². The van der Waals surface area contributed by atoms with Crippen molar-refractivity contribution in [3.05, 3.63) is 0 Å². The van der Waals surface area contributed by atoms with Gasteiger partial charge in [-0.15, -0.1) is 0 Å². The first kappa shape index (κ1) is 9.97. The van der Waals surface area contributed by atoms with Crippen molar-refractivity contribution >= 4 is 5.91 Å². The van der Waals surface area contributed by atoms with E-state index in [4.69, 9.17) is 0 Å². The second-order valence-electron chi connectivity index (χ2n) is 4.50. The highest BCUT2D eigenvalue weighted by Gasteiger charge is 2.24. The van der Waals surface area contributed by atoms with Crippen LogP contribution in [0.3, 0.4) is 0 Å². The van der Waals surface area contributed by atoms with Crippen LogP contribution in [-0.2, 0) is 4.79 Å². The predicted octanol–water partition coefficient (Wildman–Crippen LogP) is 1.04. The highest BCUT2D eigenvalue weighted by Crippen LogP contribution is 2.26. The van der Waals surface area contributed by atoms with Gasteiger partial charge in [0.05, 0.1) is 0 Å². The molecule has 2 fully saturated rings. The average Bonchev–Trinajstić information content (AvgIpc) is 2.53. The van der Waals surface area contributed by atoms with E-state index < -0.39 is 0 Å². The fraction of sp³-hybridized carbons (Fsp3) is 0.909. The number of hydrogen-bond acceptors (Lipinski definition) is 2. The van der Waals surface area contributed by atoms with Crippen LogP contribution < -0.4 is 10.6 Å². The minimum atomic E-state index is 0.286. The molecule has 0 aromatic heterocycles. The molecule has 2 aliphatic rings. The van der Waals surface area contributed by atoms with Crippen LogP contribution in [0.15, 0.2) is 0 Å². The Hall–Kier alpha value is -0.570. The van der Waals surface area contributed by atoms with Crippen LogP contribution in [0.2, 0.25) is 0 Å². The molecule has 1 aliphatic carbocycles. The zero-order chi connectivity index (χ0) is 9.80. The van der Waals surface area contributed by atoms with Gasteiger partial charge >= 0.3 is 0 Å². The summed E-state index contributed by atoms with van der Waals surface area (Å²) in [6, 6.07) is 0.650. The molecule has 1 saturated carbocycles. The standard InChI is InChI=1S/C11H20N2O/c14-11(9-3-1-4-9)13-8-6-10-5-2-7-12-10/h9-10,12H,1-8H2,(H,13,14)/t10-/m0/s1. The Balaban J connectivity index is 1.55. The molecule has 1 heterocycles. The van der Waals surface area contributed by atoms with E-state index in [-0.39, 0.29) is 5.91 Å². The molecule has 1 aliphatic heterocycles. The van der Waals surface area contributed by atoms with E-state index in [1.165, 1.54) is 19.3 Å². The lowest BCUT2D eigenvalue weighted by Crippen LogP contribution is -2.36. The van der Waals surface area contributed by atoms with Crippen LogP contribution in [0.4, 0.5) is 0 Å². The molecule has 1 atom stereocenters.